The lowest BCUT2D eigenvalue weighted by Crippen LogP contribution is -2.17. The lowest BCUT2D eigenvalue weighted by molar-refractivity contribution is 0.353. The predicted octanol–water partition coefficient (Wildman–Crippen LogP) is 4.25. The molecule has 0 bridgehead atoms. The molecule has 0 saturated carbocycles. The second kappa shape index (κ2) is 7.15. The van der Waals surface area contributed by atoms with Gasteiger partial charge in [0.1, 0.15) is 5.82 Å². The third-order valence-corrected chi connectivity index (χ3v) is 5.52. The van der Waals surface area contributed by atoms with E-state index in [0.29, 0.717) is 22.6 Å². The van der Waals surface area contributed by atoms with E-state index in [2.05, 4.69) is 4.72 Å². The van der Waals surface area contributed by atoms with Crippen molar-refractivity contribution in [1.29, 1.82) is 0 Å². The largest absolute Gasteiger partial charge is 0.493 e. The van der Waals surface area contributed by atoms with Crippen molar-refractivity contribution >= 4 is 15.7 Å². The van der Waals surface area contributed by atoms with Crippen molar-refractivity contribution in [3.63, 3.8) is 0 Å². The van der Waals surface area contributed by atoms with E-state index in [-0.39, 0.29) is 16.0 Å². The minimum atomic E-state index is -3.92. The number of hydrogen-bond donors (Lipinski definition) is 1. The number of hydrogen-bond acceptors (Lipinski definition) is 4. The van der Waals surface area contributed by atoms with Crippen molar-refractivity contribution < 1.29 is 22.3 Å². The average molecular weight is 381 g/mol. The normalized spacial score (nSPS) is 12.0. The van der Waals surface area contributed by atoms with Gasteiger partial charge in [0.15, 0.2) is 11.5 Å². The predicted molar refractivity (Wildman–Crippen MR) is 100 cm³/mol. The Kier molecular flexibility index (Phi) is 5.51. The Morgan fingerprint density at radius 1 is 1.00 bits per heavy atom. The molecule has 0 heterocycles. The molecule has 0 aliphatic carbocycles. The van der Waals surface area contributed by atoms with Gasteiger partial charge in [-0.05, 0) is 41.7 Å². The third-order valence-electron chi connectivity index (χ3n) is 4.00. The summed E-state index contributed by atoms with van der Waals surface area (Å²) in [7, 11) is -1.02. The average Bonchev–Trinajstić information content (AvgIpc) is 2.52. The second-order valence-corrected chi connectivity index (χ2v) is 8.67. The van der Waals surface area contributed by atoms with Crippen LogP contribution in [0, 0.1) is 12.7 Å². The van der Waals surface area contributed by atoms with Crippen LogP contribution in [-0.2, 0) is 15.4 Å². The molecule has 5 nitrogen and oxygen atoms in total. The fourth-order valence-corrected chi connectivity index (χ4v) is 3.94. The van der Waals surface area contributed by atoms with Crippen LogP contribution < -0.4 is 14.2 Å². The van der Waals surface area contributed by atoms with E-state index in [0.717, 1.165) is 0 Å². The summed E-state index contributed by atoms with van der Waals surface area (Å²) in [6.45, 7) is 7.33. The van der Waals surface area contributed by atoms with Gasteiger partial charge in [-0.3, -0.25) is 4.72 Å². The summed E-state index contributed by atoms with van der Waals surface area (Å²) in [6, 6.07) is 7.30. The highest BCUT2D eigenvalue weighted by Gasteiger charge is 2.22. The Morgan fingerprint density at radius 3 is 2.08 bits per heavy atom. The van der Waals surface area contributed by atoms with E-state index >= 15 is 0 Å². The topological polar surface area (TPSA) is 64.6 Å². The monoisotopic (exact) mass is 381 g/mol. The maximum atomic E-state index is 14.3. The third kappa shape index (κ3) is 4.09. The SMILES string of the molecule is COc1cc(C)c(S(=O)(=O)Nc2ccc(C(C)(C)C)c(F)c2)cc1OC. The van der Waals surface area contributed by atoms with E-state index in [1.807, 2.05) is 20.8 Å². The summed E-state index contributed by atoms with van der Waals surface area (Å²) >= 11 is 0. The second-order valence-electron chi connectivity index (χ2n) is 7.02. The molecule has 0 radical (unpaired) electrons. The Bertz CT molecular complexity index is 918. The van der Waals surface area contributed by atoms with Crippen LogP contribution in [0.3, 0.4) is 0 Å². The van der Waals surface area contributed by atoms with E-state index in [9.17, 15) is 12.8 Å². The number of aryl methyl sites for hydroxylation is 1. The highest BCUT2D eigenvalue weighted by atomic mass is 32.2. The standard InChI is InChI=1S/C19H24FNO4S/c1-12-9-16(24-5)17(25-6)11-18(12)26(22,23)21-13-7-8-14(15(20)10-13)19(2,3)4/h7-11,21H,1-6H3. The van der Waals surface area contributed by atoms with Crippen molar-refractivity contribution in [2.24, 2.45) is 0 Å². The van der Waals surface area contributed by atoms with Crippen LogP contribution in [0.4, 0.5) is 10.1 Å². The van der Waals surface area contributed by atoms with E-state index in [1.54, 1.807) is 25.1 Å². The molecule has 7 heteroatoms. The molecule has 0 atom stereocenters. The maximum absolute atomic E-state index is 14.3. The zero-order chi connectivity index (χ0) is 19.7. The smallest absolute Gasteiger partial charge is 0.262 e. The Hall–Kier alpha value is -2.28. The van der Waals surface area contributed by atoms with Gasteiger partial charge in [0.05, 0.1) is 24.8 Å². The van der Waals surface area contributed by atoms with Gasteiger partial charge in [0, 0.05) is 6.07 Å². The number of anilines is 1. The fraction of sp³-hybridized carbons (Fsp3) is 0.368. The maximum Gasteiger partial charge on any atom is 0.262 e. The van der Waals surface area contributed by atoms with Gasteiger partial charge >= 0.3 is 0 Å². The van der Waals surface area contributed by atoms with Gasteiger partial charge in [0.2, 0.25) is 0 Å². The number of rotatable bonds is 5. The van der Waals surface area contributed by atoms with Crippen LogP contribution in [0.15, 0.2) is 35.2 Å². The van der Waals surface area contributed by atoms with Crippen molar-refractivity contribution in [3.8, 4) is 11.5 Å². The summed E-state index contributed by atoms with van der Waals surface area (Å²) in [4.78, 5) is 0.0375. The highest BCUT2D eigenvalue weighted by Crippen LogP contribution is 2.33. The van der Waals surface area contributed by atoms with Gasteiger partial charge in [0.25, 0.3) is 10.0 Å². The Balaban J connectivity index is 2.42. The minimum absolute atomic E-state index is 0.0375. The first kappa shape index (κ1) is 20.0. The van der Waals surface area contributed by atoms with Crippen molar-refractivity contribution in [2.75, 3.05) is 18.9 Å². The van der Waals surface area contributed by atoms with Crippen LogP contribution in [-0.4, -0.2) is 22.6 Å². The molecule has 142 valence electrons. The van der Waals surface area contributed by atoms with Crippen LogP contribution in [0.25, 0.3) is 0 Å². The first-order chi connectivity index (χ1) is 12.0. The number of nitrogens with one attached hydrogen (secondary N) is 1. The van der Waals surface area contributed by atoms with Crippen molar-refractivity contribution in [1.82, 2.24) is 0 Å². The summed E-state index contributed by atoms with van der Waals surface area (Å²) < 4.78 is 52.6. The van der Waals surface area contributed by atoms with Gasteiger partial charge < -0.3 is 9.47 Å². The Morgan fingerprint density at radius 2 is 1.58 bits per heavy atom. The molecule has 0 aromatic heterocycles. The molecule has 0 aliphatic heterocycles. The molecular weight excluding hydrogens is 357 g/mol. The van der Waals surface area contributed by atoms with Crippen molar-refractivity contribution in [3.05, 3.63) is 47.3 Å². The molecule has 0 saturated heterocycles. The molecular formula is C19H24FNO4S. The van der Waals surface area contributed by atoms with Gasteiger partial charge in [-0.15, -0.1) is 0 Å². The summed E-state index contributed by atoms with van der Waals surface area (Å²) in [5.41, 5.74) is 0.788. The summed E-state index contributed by atoms with van der Waals surface area (Å²) in [6.07, 6.45) is 0. The quantitative estimate of drug-likeness (QED) is 0.841. The van der Waals surface area contributed by atoms with Crippen LogP contribution >= 0.6 is 0 Å². The molecule has 2 aromatic carbocycles. The number of benzene rings is 2. The van der Waals surface area contributed by atoms with Crippen LogP contribution in [0.2, 0.25) is 0 Å². The number of sulfonamides is 1. The molecule has 0 amide bonds. The van der Waals surface area contributed by atoms with E-state index < -0.39 is 15.8 Å². The van der Waals surface area contributed by atoms with E-state index in [1.165, 1.54) is 26.4 Å². The minimum Gasteiger partial charge on any atom is -0.493 e. The van der Waals surface area contributed by atoms with Gasteiger partial charge in [-0.2, -0.15) is 0 Å². The lowest BCUT2D eigenvalue weighted by Gasteiger charge is -2.20. The first-order valence-electron chi connectivity index (χ1n) is 8.05. The Labute approximate surface area is 154 Å². The molecule has 26 heavy (non-hydrogen) atoms. The zero-order valence-corrected chi connectivity index (χ0v) is 16.6. The molecule has 0 spiro atoms. The van der Waals surface area contributed by atoms with E-state index in [4.69, 9.17) is 9.47 Å². The zero-order valence-electron chi connectivity index (χ0n) is 15.8. The summed E-state index contributed by atoms with van der Waals surface area (Å²) in [5, 5.41) is 0. The van der Waals surface area contributed by atoms with Crippen LogP contribution in [0.1, 0.15) is 31.9 Å². The molecule has 0 unspecified atom stereocenters. The number of ether oxygens (including phenoxy) is 2. The van der Waals surface area contributed by atoms with Crippen LogP contribution in [0.5, 0.6) is 11.5 Å². The highest BCUT2D eigenvalue weighted by molar-refractivity contribution is 7.92. The molecule has 0 fully saturated rings. The lowest BCUT2D eigenvalue weighted by atomic mass is 9.86. The van der Waals surface area contributed by atoms with Gasteiger partial charge in [-0.25, -0.2) is 12.8 Å². The molecule has 2 rings (SSSR count). The fourth-order valence-electron chi connectivity index (χ4n) is 2.65. The molecule has 2 aromatic rings. The van der Waals surface area contributed by atoms with Crippen molar-refractivity contribution in [2.45, 2.75) is 38.0 Å². The number of methoxy groups -OCH3 is 2. The summed E-state index contributed by atoms with van der Waals surface area (Å²) in [5.74, 6) is 0.277. The molecule has 1 N–H and O–H groups in total. The number of halogens is 1. The van der Waals surface area contributed by atoms with Gasteiger partial charge in [-0.1, -0.05) is 26.8 Å². The molecule has 0 aliphatic rings. The first-order valence-corrected chi connectivity index (χ1v) is 9.53.